The summed E-state index contributed by atoms with van der Waals surface area (Å²) in [5.74, 6) is 1.42. The predicted molar refractivity (Wildman–Crippen MR) is 104 cm³/mol. The van der Waals surface area contributed by atoms with Gasteiger partial charge in [0.25, 0.3) is 0 Å². The van der Waals surface area contributed by atoms with Crippen LogP contribution in [0.1, 0.15) is 18.9 Å². The first-order valence-corrected chi connectivity index (χ1v) is 11.6. The predicted octanol–water partition coefficient (Wildman–Crippen LogP) is 2.14. The van der Waals surface area contributed by atoms with E-state index in [2.05, 4.69) is 5.10 Å². The van der Waals surface area contributed by atoms with Crippen molar-refractivity contribution < 1.29 is 13.2 Å². The average molecular weight is 394 g/mol. The minimum atomic E-state index is -2.98. The highest BCUT2D eigenvalue weighted by Crippen LogP contribution is 2.20. The van der Waals surface area contributed by atoms with E-state index in [1.165, 1.54) is 0 Å². The molecule has 1 saturated heterocycles. The molecule has 2 heterocycles. The molecule has 0 N–H and O–H groups in total. The van der Waals surface area contributed by atoms with Crippen LogP contribution in [0.15, 0.2) is 42.7 Å². The molecule has 8 heteroatoms. The normalized spacial score (nSPS) is 18.7. The Morgan fingerprint density at radius 3 is 2.69 bits per heavy atom. The third-order valence-corrected chi connectivity index (χ3v) is 7.25. The first-order chi connectivity index (χ1) is 12.5. The number of aromatic nitrogens is 2. The molecule has 6 nitrogen and oxygen atoms in total. The summed E-state index contributed by atoms with van der Waals surface area (Å²) >= 11 is 1.56. The third kappa shape index (κ3) is 4.67. The van der Waals surface area contributed by atoms with Crippen molar-refractivity contribution in [3.05, 3.63) is 48.3 Å². The molecule has 1 aliphatic rings. The van der Waals surface area contributed by atoms with Gasteiger partial charge in [-0.25, -0.2) is 13.1 Å². The van der Waals surface area contributed by atoms with Gasteiger partial charge in [-0.3, -0.25) is 4.79 Å². The van der Waals surface area contributed by atoms with Crippen LogP contribution in [0.3, 0.4) is 0 Å². The smallest absolute Gasteiger partial charge is 0.232 e. The number of benzene rings is 1. The van der Waals surface area contributed by atoms with E-state index in [1.807, 2.05) is 43.5 Å². The molecular weight excluding hydrogens is 370 g/mol. The maximum absolute atomic E-state index is 12.5. The number of thioether (sulfide) groups is 1. The molecule has 140 valence electrons. The number of nitrogens with zero attached hydrogens (tertiary/aromatic N) is 3. The summed E-state index contributed by atoms with van der Waals surface area (Å²) in [4.78, 5) is 14.2. The maximum Gasteiger partial charge on any atom is 0.232 e. The molecule has 3 rings (SSSR count). The van der Waals surface area contributed by atoms with Crippen LogP contribution in [0.4, 0.5) is 0 Å². The number of carbonyl (C=O) groups excluding carboxylic acids is 1. The van der Waals surface area contributed by atoms with E-state index in [0.29, 0.717) is 18.7 Å². The van der Waals surface area contributed by atoms with Gasteiger partial charge in [0.15, 0.2) is 9.84 Å². The van der Waals surface area contributed by atoms with Gasteiger partial charge in [0.05, 0.1) is 22.9 Å². The van der Waals surface area contributed by atoms with Crippen molar-refractivity contribution in [2.24, 2.45) is 0 Å². The quantitative estimate of drug-likeness (QED) is 0.721. The average Bonchev–Trinajstić information content (AvgIpc) is 3.26. The van der Waals surface area contributed by atoms with Crippen LogP contribution in [-0.2, 0) is 20.4 Å². The number of carbonyl (C=O) groups is 1. The van der Waals surface area contributed by atoms with Crippen molar-refractivity contribution in [3.63, 3.8) is 0 Å². The van der Waals surface area contributed by atoms with E-state index in [0.717, 1.165) is 17.0 Å². The van der Waals surface area contributed by atoms with Crippen LogP contribution < -0.4 is 0 Å². The highest BCUT2D eigenvalue weighted by molar-refractivity contribution is 7.99. The van der Waals surface area contributed by atoms with Gasteiger partial charge in [-0.1, -0.05) is 12.1 Å². The molecule has 1 aromatic carbocycles. The zero-order valence-corrected chi connectivity index (χ0v) is 16.4. The van der Waals surface area contributed by atoms with Crippen LogP contribution in [0.25, 0.3) is 5.69 Å². The molecule has 0 radical (unpaired) electrons. The van der Waals surface area contributed by atoms with Gasteiger partial charge in [0, 0.05) is 30.7 Å². The largest absolute Gasteiger partial charge is 0.338 e. The Kier molecular flexibility index (Phi) is 6.03. The highest BCUT2D eigenvalue weighted by Gasteiger charge is 2.33. The first-order valence-electron chi connectivity index (χ1n) is 8.65. The first kappa shape index (κ1) is 19.0. The van der Waals surface area contributed by atoms with Crippen molar-refractivity contribution in [2.75, 3.05) is 23.8 Å². The molecule has 0 spiro atoms. The second-order valence-electron chi connectivity index (χ2n) is 6.35. The molecule has 1 aliphatic heterocycles. The fourth-order valence-electron chi connectivity index (χ4n) is 3.16. The number of rotatable bonds is 7. The second-order valence-corrected chi connectivity index (χ2v) is 9.56. The van der Waals surface area contributed by atoms with Gasteiger partial charge >= 0.3 is 0 Å². The van der Waals surface area contributed by atoms with Crippen molar-refractivity contribution in [1.29, 1.82) is 0 Å². The van der Waals surface area contributed by atoms with Crippen molar-refractivity contribution in [2.45, 2.75) is 25.1 Å². The lowest BCUT2D eigenvalue weighted by atomic mass is 10.2. The fourth-order valence-corrected chi connectivity index (χ4v) is 5.77. The van der Waals surface area contributed by atoms with Gasteiger partial charge < -0.3 is 4.90 Å². The minimum absolute atomic E-state index is 0.0211. The zero-order valence-electron chi connectivity index (χ0n) is 14.7. The van der Waals surface area contributed by atoms with E-state index in [9.17, 15) is 13.2 Å². The van der Waals surface area contributed by atoms with E-state index >= 15 is 0 Å². The summed E-state index contributed by atoms with van der Waals surface area (Å²) in [5.41, 5.74) is 2.14. The summed E-state index contributed by atoms with van der Waals surface area (Å²) in [7, 11) is -2.98. The zero-order chi connectivity index (χ0) is 18.6. The number of sulfone groups is 1. The van der Waals surface area contributed by atoms with E-state index in [-0.39, 0.29) is 23.5 Å². The Bertz CT molecular complexity index is 833. The number of amides is 1. The third-order valence-electron chi connectivity index (χ3n) is 4.51. The summed E-state index contributed by atoms with van der Waals surface area (Å²) in [5, 5.41) is 4.20. The molecule has 0 aliphatic carbocycles. The summed E-state index contributed by atoms with van der Waals surface area (Å²) in [6.45, 7) is 2.46. The van der Waals surface area contributed by atoms with Gasteiger partial charge in [-0.2, -0.15) is 5.10 Å². The van der Waals surface area contributed by atoms with E-state index in [4.69, 9.17) is 0 Å². The lowest BCUT2D eigenvalue weighted by Crippen LogP contribution is -2.41. The molecule has 1 aromatic heterocycles. The minimum Gasteiger partial charge on any atom is -0.338 e. The topological polar surface area (TPSA) is 72.3 Å². The van der Waals surface area contributed by atoms with E-state index < -0.39 is 9.84 Å². The standard InChI is InChI=1S/C18H23N3O3S2/c1-2-20(17-8-11-26(23,24)14-17)18(22)13-25-12-15-4-6-16(7-5-15)21-10-3-9-19-21/h3-7,9-10,17H,2,8,11-14H2,1H3/t17-/m0/s1. The lowest BCUT2D eigenvalue weighted by Gasteiger charge is -2.26. The highest BCUT2D eigenvalue weighted by atomic mass is 32.2. The monoisotopic (exact) mass is 393 g/mol. The van der Waals surface area contributed by atoms with Gasteiger partial charge in [-0.05, 0) is 37.1 Å². The van der Waals surface area contributed by atoms with E-state index in [1.54, 1.807) is 27.5 Å². The molecule has 0 unspecified atom stereocenters. The Balaban J connectivity index is 1.50. The Morgan fingerprint density at radius 2 is 2.12 bits per heavy atom. The Labute approximate surface area is 158 Å². The molecule has 1 fully saturated rings. The van der Waals surface area contributed by atoms with Gasteiger partial charge in [0.2, 0.25) is 5.91 Å². The summed E-state index contributed by atoms with van der Waals surface area (Å²) in [6, 6.07) is 9.81. The van der Waals surface area contributed by atoms with Crippen LogP contribution in [0.5, 0.6) is 0 Å². The molecule has 1 atom stereocenters. The fraction of sp³-hybridized carbons (Fsp3) is 0.444. The van der Waals surface area contributed by atoms with Crippen molar-refractivity contribution >= 4 is 27.5 Å². The van der Waals surface area contributed by atoms with Crippen LogP contribution in [0.2, 0.25) is 0 Å². The molecule has 0 saturated carbocycles. The van der Waals surface area contributed by atoms with Crippen LogP contribution in [0, 0.1) is 0 Å². The Morgan fingerprint density at radius 1 is 1.35 bits per heavy atom. The number of hydrogen-bond acceptors (Lipinski definition) is 5. The van der Waals surface area contributed by atoms with Crippen molar-refractivity contribution in [3.8, 4) is 5.69 Å². The SMILES string of the molecule is CCN(C(=O)CSCc1ccc(-n2cccn2)cc1)[C@H]1CCS(=O)(=O)C1. The van der Waals surface area contributed by atoms with Gasteiger partial charge in [0.1, 0.15) is 0 Å². The molecule has 2 aromatic rings. The summed E-state index contributed by atoms with van der Waals surface area (Å²) < 4.78 is 25.1. The maximum atomic E-state index is 12.5. The van der Waals surface area contributed by atoms with Crippen molar-refractivity contribution in [1.82, 2.24) is 14.7 Å². The van der Waals surface area contributed by atoms with Crippen LogP contribution in [-0.4, -0.2) is 58.9 Å². The molecular formula is C18H23N3O3S2. The Hall–Kier alpha value is -1.80. The lowest BCUT2D eigenvalue weighted by molar-refractivity contribution is -0.129. The molecule has 26 heavy (non-hydrogen) atoms. The second kappa shape index (κ2) is 8.26. The number of hydrogen-bond donors (Lipinski definition) is 0. The molecule has 0 bridgehead atoms. The van der Waals surface area contributed by atoms with Gasteiger partial charge in [-0.15, -0.1) is 11.8 Å². The molecule has 1 amide bonds. The summed E-state index contributed by atoms with van der Waals surface area (Å²) in [6.07, 6.45) is 4.19. The van der Waals surface area contributed by atoms with Crippen LogP contribution >= 0.6 is 11.8 Å².